The third-order valence-corrected chi connectivity index (χ3v) is 1.68. The fourth-order valence-corrected chi connectivity index (χ4v) is 1.06. The van der Waals surface area contributed by atoms with Crippen LogP contribution >= 0.6 is 0 Å². The van der Waals surface area contributed by atoms with Gasteiger partial charge in [0.25, 0.3) is 0 Å². The van der Waals surface area contributed by atoms with Gasteiger partial charge in [0.05, 0.1) is 19.3 Å². The molecule has 0 radical (unpaired) electrons. The summed E-state index contributed by atoms with van der Waals surface area (Å²) in [6.07, 6.45) is -0.515. The van der Waals surface area contributed by atoms with E-state index in [2.05, 4.69) is 0 Å². The molecular formula is C6H13NO3. The van der Waals surface area contributed by atoms with Crippen molar-refractivity contribution in [2.45, 2.75) is 24.7 Å². The summed E-state index contributed by atoms with van der Waals surface area (Å²) in [7, 11) is 0. The third-order valence-electron chi connectivity index (χ3n) is 1.68. The number of nitrogens with two attached hydrogens (primary N) is 1. The van der Waals surface area contributed by atoms with Crippen LogP contribution in [0, 0.1) is 0 Å². The Hall–Kier alpha value is -0.160. The summed E-state index contributed by atoms with van der Waals surface area (Å²) in [5, 5.41) is 17.8. The monoisotopic (exact) mass is 147 g/mol. The quantitative estimate of drug-likeness (QED) is 0.420. The van der Waals surface area contributed by atoms with Crippen molar-refractivity contribution in [3.63, 3.8) is 0 Å². The number of hydrogen-bond donors (Lipinski definition) is 3. The first kappa shape index (κ1) is 7.94. The maximum atomic E-state index is 9.17. The van der Waals surface area contributed by atoms with Gasteiger partial charge in [-0.3, -0.25) is 0 Å². The summed E-state index contributed by atoms with van der Waals surface area (Å²) < 4.78 is 5.03. The van der Waals surface area contributed by atoms with Crippen molar-refractivity contribution >= 4 is 0 Å². The second kappa shape index (κ2) is 3.30. The highest BCUT2D eigenvalue weighted by molar-refractivity contribution is 4.79. The minimum absolute atomic E-state index is 0.0854. The molecule has 1 rings (SSSR count). The Morgan fingerprint density at radius 1 is 1.60 bits per heavy atom. The second-order valence-electron chi connectivity index (χ2n) is 2.62. The standard InChI is InChI=1S/C6H13NO3/c7-4-1-5(9)6(2-8)10-3-4/h4-6,8-9H,1-3,7H2/t4-,5+,6-/m1/s1. The lowest BCUT2D eigenvalue weighted by Crippen LogP contribution is -2.46. The first-order chi connectivity index (χ1) is 4.74. The molecule has 1 fully saturated rings. The summed E-state index contributed by atoms with van der Waals surface area (Å²) in [5.41, 5.74) is 5.48. The van der Waals surface area contributed by atoms with Gasteiger partial charge in [-0.1, -0.05) is 0 Å². The lowest BCUT2D eigenvalue weighted by atomic mass is 10.0. The molecule has 4 nitrogen and oxygen atoms in total. The van der Waals surface area contributed by atoms with Gasteiger partial charge in [-0.25, -0.2) is 0 Å². The fourth-order valence-electron chi connectivity index (χ4n) is 1.06. The Bertz CT molecular complexity index is 109. The molecule has 0 bridgehead atoms. The maximum Gasteiger partial charge on any atom is 0.106 e. The van der Waals surface area contributed by atoms with E-state index in [1.165, 1.54) is 0 Å². The van der Waals surface area contributed by atoms with Gasteiger partial charge >= 0.3 is 0 Å². The number of ether oxygens (including phenoxy) is 1. The molecule has 0 spiro atoms. The van der Waals surface area contributed by atoms with Crippen LogP contribution in [0.3, 0.4) is 0 Å². The van der Waals surface area contributed by atoms with E-state index in [-0.39, 0.29) is 12.6 Å². The first-order valence-corrected chi connectivity index (χ1v) is 3.40. The molecule has 0 aromatic carbocycles. The lowest BCUT2D eigenvalue weighted by molar-refractivity contribution is -0.101. The van der Waals surface area contributed by atoms with E-state index in [9.17, 15) is 5.11 Å². The van der Waals surface area contributed by atoms with E-state index >= 15 is 0 Å². The SMILES string of the molecule is N[C@H]1CO[C@H](CO)[C@@H](O)C1. The molecule has 3 atom stereocenters. The molecule has 1 aliphatic heterocycles. The van der Waals surface area contributed by atoms with E-state index in [1.807, 2.05) is 0 Å². The summed E-state index contributed by atoms with van der Waals surface area (Å²) in [4.78, 5) is 0. The summed E-state index contributed by atoms with van der Waals surface area (Å²) in [6.45, 7) is 0.302. The number of rotatable bonds is 1. The van der Waals surface area contributed by atoms with Crippen LogP contribution < -0.4 is 5.73 Å². The van der Waals surface area contributed by atoms with Crippen molar-refractivity contribution in [2.24, 2.45) is 5.73 Å². The number of hydrogen-bond acceptors (Lipinski definition) is 4. The van der Waals surface area contributed by atoms with Gasteiger partial charge < -0.3 is 20.7 Å². The predicted molar refractivity (Wildman–Crippen MR) is 35.4 cm³/mol. The molecule has 0 aromatic rings. The van der Waals surface area contributed by atoms with Gasteiger partial charge in [-0.2, -0.15) is 0 Å². The van der Waals surface area contributed by atoms with Crippen LogP contribution in [0.4, 0.5) is 0 Å². The molecule has 1 saturated heterocycles. The molecule has 0 aliphatic carbocycles. The molecule has 0 saturated carbocycles. The zero-order valence-electron chi connectivity index (χ0n) is 5.73. The van der Waals surface area contributed by atoms with Crippen molar-refractivity contribution in [3.8, 4) is 0 Å². The fraction of sp³-hybridized carbons (Fsp3) is 1.00. The molecule has 10 heavy (non-hydrogen) atoms. The highest BCUT2D eigenvalue weighted by Crippen LogP contribution is 2.12. The van der Waals surface area contributed by atoms with Crippen molar-refractivity contribution in [2.75, 3.05) is 13.2 Å². The van der Waals surface area contributed by atoms with Gasteiger partial charge in [0, 0.05) is 6.04 Å². The minimum Gasteiger partial charge on any atom is -0.394 e. The van der Waals surface area contributed by atoms with E-state index in [1.54, 1.807) is 0 Å². The van der Waals surface area contributed by atoms with E-state index in [4.69, 9.17) is 15.6 Å². The summed E-state index contributed by atoms with van der Waals surface area (Å²) >= 11 is 0. The van der Waals surface area contributed by atoms with Crippen LogP contribution in [0.5, 0.6) is 0 Å². The van der Waals surface area contributed by atoms with Crippen molar-refractivity contribution < 1.29 is 14.9 Å². The van der Waals surface area contributed by atoms with E-state index in [0.717, 1.165) is 0 Å². The van der Waals surface area contributed by atoms with Gasteiger partial charge in [0.15, 0.2) is 0 Å². The molecule has 0 aromatic heterocycles. The van der Waals surface area contributed by atoms with E-state index < -0.39 is 12.2 Å². The average molecular weight is 147 g/mol. The topological polar surface area (TPSA) is 75.7 Å². The van der Waals surface area contributed by atoms with Crippen molar-refractivity contribution in [3.05, 3.63) is 0 Å². The number of aliphatic hydroxyl groups is 2. The van der Waals surface area contributed by atoms with Crippen LogP contribution in [0.1, 0.15) is 6.42 Å². The average Bonchev–Trinajstić information content (AvgIpc) is 1.88. The predicted octanol–water partition coefficient (Wildman–Crippen LogP) is -1.54. The Morgan fingerprint density at radius 3 is 2.80 bits per heavy atom. The highest BCUT2D eigenvalue weighted by Gasteiger charge is 2.26. The third kappa shape index (κ3) is 1.67. The molecule has 0 unspecified atom stereocenters. The maximum absolute atomic E-state index is 9.17. The summed E-state index contributed by atoms with van der Waals surface area (Å²) in [5.74, 6) is 0. The molecular weight excluding hydrogens is 134 g/mol. The van der Waals surface area contributed by atoms with E-state index in [0.29, 0.717) is 13.0 Å². The molecule has 60 valence electrons. The van der Waals surface area contributed by atoms with Crippen LogP contribution in [-0.4, -0.2) is 41.7 Å². The van der Waals surface area contributed by atoms with Crippen LogP contribution in [0.25, 0.3) is 0 Å². The first-order valence-electron chi connectivity index (χ1n) is 3.40. The molecule has 1 heterocycles. The lowest BCUT2D eigenvalue weighted by Gasteiger charge is -2.30. The Balaban J connectivity index is 2.36. The zero-order valence-corrected chi connectivity index (χ0v) is 5.73. The zero-order chi connectivity index (χ0) is 7.56. The van der Waals surface area contributed by atoms with Gasteiger partial charge in [0.2, 0.25) is 0 Å². The minimum atomic E-state index is -0.603. The molecule has 4 N–H and O–H groups in total. The molecule has 4 heteroatoms. The highest BCUT2D eigenvalue weighted by atomic mass is 16.5. The Morgan fingerprint density at radius 2 is 2.30 bits per heavy atom. The number of aliphatic hydroxyl groups excluding tert-OH is 2. The van der Waals surface area contributed by atoms with Gasteiger partial charge in [-0.05, 0) is 6.42 Å². The smallest absolute Gasteiger partial charge is 0.106 e. The van der Waals surface area contributed by atoms with Crippen LogP contribution in [0.2, 0.25) is 0 Å². The normalized spacial score (nSPS) is 41.7. The largest absolute Gasteiger partial charge is 0.394 e. The van der Waals surface area contributed by atoms with Crippen molar-refractivity contribution in [1.29, 1.82) is 0 Å². The molecule has 1 aliphatic rings. The summed E-state index contributed by atoms with van der Waals surface area (Å²) in [6, 6.07) is -0.0854. The van der Waals surface area contributed by atoms with Gasteiger partial charge in [-0.15, -0.1) is 0 Å². The van der Waals surface area contributed by atoms with Crippen molar-refractivity contribution in [1.82, 2.24) is 0 Å². The molecule has 0 amide bonds. The van der Waals surface area contributed by atoms with Gasteiger partial charge in [0.1, 0.15) is 6.10 Å². The second-order valence-corrected chi connectivity index (χ2v) is 2.62. The Labute approximate surface area is 59.6 Å². The van der Waals surface area contributed by atoms with Crippen LogP contribution in [0.15, 0.2) is 0 Å². The van der Waals surface area contributed by atoms with Crippen LogP contribution in [-0.2, 0) is 4.74 Å². The Kier molecular flexibility index (Phi) is 2.62.